The highest BCUT2D eigenvalue weighted by Gasteiger charge is 2.08. The Hall–Kier alpha value is -4.16. The van der Waals surface area contributed by atoms with Gasteiger partial charge in [-0.05, 0) is 0 Å². The molecule has 0 aliphatic rings. The third-order valence-electron chi connectivity index (χ3n) is 4.87. The van der Waals surface area contributed by atoms with Gasteiger partial charge in [-0.3, -0.25) is 9.80 Å². The van der Waals surface area contributed by atoms with Crippen LogP contribution < -0.4 is 0 Å². The molecule has 0 saturated carbocycles. The van der Waals surface area contributed by atoms with Gasteiger partial charge in [0.25, 0.3) is 0 Å². The smallest absolute Gasteiger partial charge is 0.331 e. The standard InChI is InChI=1S/C16H23NO9.C11H19NO6/c1-23-13(19)3-5-15(21)25-11-8-17(7-10-18)9-12-26-16(22)6-4-14(20)24-2;1-17-10(15)2-3-11(16)18-9-6-12(4-7-13)5-8-14/h3-6,18H,7-12H2,1-2H3;2-3,13-14H,4-9H2,1H3/b5-3+,6-4+;3-2+. The number of hydrogen-bond acceptors (Lipinski definition) is 17. The molecule has 17 heteroatoms. The molecule has 0 unspecified atom stereocenters. The Balaban J connectivity index is 0. The summed E-state index contributed by atoms with van der Waals surface area (Å²) in [6.45, 7) is 2.00. The summed E-state index contributed by atoms with van der Waals surface area (Å²) in [7, 11) is 3.57. The van der Waals surface area contributed by atoms with Gasteiger partial charge in [0, 0.05) is 75.7 Å². The molecular weight excluding hydrogens is 592 g/mol. The Bertz CT molecular complexity index is 900. The van der Waals surface area contributed by atoms with Crippen LogP contribution in [-0.2, 0) is 57.2 Å². The molecule has 3 N–H and O–H groups in total. The number of ether oxygens (including phenoxy) is 6. The summed E-state index contributed by atoms with van der Waals surface area (Å²) in [5, 5.41) is 26.5. The number of rotatable bonds is 21. The first-order valence-corrected chi connectivity index (χ1v) is 13.1. The second kappa shape index (κ2) is 28.9. The number of carbonyl (C=O) groups is 6. The van der Waals surface area contributed by atoms with Crippen LogP contribution >= 0.6 is 0 Å². The average Bonchev–Trinajstić information content (AvgIpc) is 3.01. The minimum absolute atomic E-state index is 0.0144. The number of nitrogens with zero attached hydrogens (tertiary/aromatic N) is 2. The van der Waals surface area contributed by atoms with Gasteiger partial charge < -0.3 is 43.7 Å². The molecule has 44 heavy (non-hydrogen) atoms. The van der Waals surface area contributed by atoms with Crippen molar-refractivity contribution in [2.75, 3.05) is 100 Å². The Kier molecular flexibility index (Phi) is 27.6. The lowest BCUT2D eigenvalue weighted by molar-refractivity contribution is -0.140. The third-order valence-corrected chi connectivity index (χ3v) is 4.87. The maximum atomic E-state index is 11.4. The van der Waals surface area contributed by atoms with E-state index < -0.39 is 35.8 Å². The van der Waals surface area contributed by atoms with E-state index >= 15 is 0 Å². The van der Waals surface area contributed by atoms with E-state index in [9.17, 15) is 28.8 Å². The van der Waals surface area contributed by atoms with Crippen LogP contribution in [0, 0.1) is 0 Å². The van der Waals surface area contributed by atoms with Crippen molar-refractivity contribution in [1.29, 1.82) is 0 Å². The number of carbonyl (C=O) groups excluding carboxylic acids is 6. The molecule has 0 rings (SSSR count). The zero-order chi connectivity index (χ0) is 33.6. The predicted molar refractivity (Wildman–Crippen MR) is 150 cm³/mol. The Labute approximate surface area is 255 Å². The van der Waals surface area contributed by atoms with Crippen LogP contribution in [0.3, 0.4) is 0 Å². The van der Waals surface area contributed by atoms with E-state index in [2.05, 4.69) is 14.2 Å². The van der Waals surface area contributed by atoms with Crippen LogP contribution in [0.2, 0.25) is 0 Å². The molecule has 0 atom stereocenters. The van der Waals surface area contributed by atoms with Gasteiger partial charge in [-0.25, -0.2) is 28.8 Å². The fraction of sp³-hybridized carbons (Fsp3) is 0.556. The molecule has 0 heterocycles. The highest BCUT2D eigenvalue weighted by Crippen LogP contribution is 1.93. The SMILES string of the molecule is COC(=O)/C=C/C(=O)OCCN(CCO)CCO.COC(=O)/C=C/C(=O)OCCN(CCO)CCOC(=O)/C=C/C(=O)OC. The molecule has 0 radical (unpaired) electrons. The van der Waals surface area contributed by atoms with Crippen molar-refractivity contribution in [3.05, 3.63) is 36.5 Å². The van der Waals surface area contributed by atoms with E-state index in [-0.39, 0.29) is 59.3 Å². The minimum atomic E-state index is -0.710. The number of hydrogen-bond donors (Lipinski definition) is 3. The van der Waals surface area contributed by atoms with Crippen molar-refractivity contribution in [1.82, 2.24) is 9.80 Å². The van der Waals surface area contributed by atoms with Gasteiger partial charge in [-0.2, -0.15) is 0 Å². The van der Waals surface area contributed by atoms with Crippen LogP contribution in [0.5, 0.6) is 0 Å². The molecule has 0 bridgehead atoms. The maximum Gasteiger partial charge on any atom is 0.331 e. The Morgan fingerprint density at radius 1 is 0.432 bits per heavy atom. The molecule has 0 aromatic carbocycles. The van der Waals surface area contributed by atoms with Crippen molar-refractivity contribution < 1.29 is 72.5 Å². The number of aliphatic hydroxyl groups is 3. The molecule has 17 nitrogen and oxygen atoms in total. The van der Waals surface area contributed by atoms with E-state index in [0.29, 0.717) is 19.6 Å². The molecule has 0 aliphatic heterocycles. The van der Waals surface area contributed by atoms with Gasteiger partial charge in [0.05, 0.1) is 41.2 Å². The molecule has 250 valence electrons. The summed E-state index contributed by atoms with van der Waals surface area (Å²) < 4.78 is 27.6. The first kappa shape index (κ1) is 42.0. The maximum absolute atomic E-state index is 11.4. The fourth-order valence-corrected chi connectivity index (χ4v) is 2.68. The second-order valence-electron chi connectivity index (χ2n) is 7.93. The van der Waals surface area contributed by atoms with Crippen LogP contribution in [0.4, 0.5) is 0 Å². The number of methoxy groups -OCH3 is 3. The van der Waals surface area contributed by atoms with Crippen molar-refractivity contribution in [2.24, 2.45) is 0 Å². The highest BCUT2D eigenvalue weighted by atomic mass is 16.5. The molecule has 0 spiro atoms. The van der Waals surface area contributed by atoms with Gasteiger partial charge in [0.2, 0.25) is 0 Å². The first-order valence-electron chi connectivity index (χ1n) is 13.1. The summed E-state index contributed by atoms with van der Waals surface area (Å²) in [5.74, 6) is -4.04. The molecule has 0 aromatic rings. The van der Waals surface area contributed by atoms with Crippen LogP contribution in [0.15, 0.2) is 36.5 Å². The van der Waals surface area contributed by atoms with E-state index in [1.807, 2.05) is 0 Å². The molecule has 0 amide bonds. The lowest BCUT2D eigenvalue weighted by atomic mass is 10.4. The minimum Gasteiger partial charge on any atom is -0.466 e. The van der Waals surface area contributed by atoms with Gasteiger partial charge in [-0.1, -0.05) is 0 Å². The van der Waals surface area contributed by atoms with Crippen molar-refractivity contribution >= 4 is 35.8 Å². The van der Waals surface area contributed by atoms with E-state index in [0.717, 1.165) is 36.5 Å². The summed E-state index contributed by atoms with van der Waals surface area (Å²) >= 11 is 0. The zero-order valence-corrected chi connectivity index (χ0v) is 25.1. The lowest BCUT2D eigenvalue weighted by Gasteiger charge is -2.20. The molecule has 0 saturated heterocycles. The second-order valence-corrected chi connectivity index (χ2v) is 7.93. The highest BCUT2D eigenvalue weighted by molar-refractivity contribution is 5.92. The summed E-state index contributed by atoms with van der Waals surface area (Å²) in [5.41, 5.74) is 0. The summed E-state index contributed by atoms with van der Waals surface area (Å²) in [4.78, 5) is 69.6. The van der Waals surface area contributed by atoms with Gasteiger partial charge in [0.1, 0.15) is 19.8 Å². The van der Waals surface area contributed by atoms with Gasteiger partial charge >= 0.3 is 35.8 Å². The largest absolute Gasteiger partial charge is 0.466 e. The summed E-state index contributed by atoms with van der Waals surface area (Å²) in [6, 6.07) is 0. The third kappa shape index (κ3) is 26.7. The average molecular weight is 635 g/mol. The van der Waals surface area contributed by atoms with Gasteiger partial charge in [-0.15, -0.1) is 0 Å². The molecular formula is C27H42N2O15. The zero-order valence-electron chi connectivity index (χ0n) is 25.1. The first-order chi connectivity index (χ1) is 21.1. The predicted octanol–water partition coefficient (Wildman–Crippen LogP) is -2.63. The quantitative estimate of drug-likeness (QED) is 0.0667. The van der Waals surface area contributed by atoms with Crippen molar-refractivity contribution in [3.63, 3.8) is 0 Å². The van der Waals surface area contributed by atoms with E-state index in [1.165, 1.54) is 21.3 Å². The molecule has 0 aliphatic carbocycles. The Morgan fingerprint density at radius 2 is 0.659 bits per heavy atom. The van der Waals surface area contributed by atoms with E-state index in [4.69, 9.17) is 29.5 Å². The lowest BCUT2D eigenvalue weighted by Crippen LogP contribution is -2.34. The summed E-state index contributed by atoms with van der Waals surface area (Å²) in [6.07, 6.45) is 5.72. The Morgan fingerprint density at radius 3 is 0.886 bits per heavy atom. The van der Waals surface area contributed by atoms with Crippen LogP contribution in [0.25, 0.3) is 0 Å². The van der Waals surface area contributed by atoms with Gasteiger partial charge in [0.15, 0.2) is 0 Å². The van der Waals surface area contributed by atoms with Crippen molar-refractivity contribution in [2.45, 2.75) is 0 Å². The fourth-order valence-electron chi connectivity index (χ4n) is 2.68. The van der Waals surface area contributed by atoms with Crippen molar-refractivity contribution in [3.8, 4) is 0 Å². The number of aliphatic hydroxyl groups excluding tert-OH is 3. The van der Waals surface area contributed by atoms with Crippen LogP contribution in [0.1, 0.15) is 0 Å². The normalized spacial score (nSPS) is 10.9. The molecule has 0 fully saturated rings. The number of esters is 6. The monoisotopic (exact) mass is 634 g/mol. The van der Waals surface area contributed by atoms with E-state index in [1.54, 1.807) is 9.80 Å². The molecule has 0 aromatic heterocycles. The van der Waals surface area contributed by atoms with Crippen LogP contribution in [-0.4, -0.2) is 161 Å². The topological polar surface area (TPSA) is 225 Å².